The van der Waals surface area contributed by atoms with Crippen LogP contribution in [0.15, 0.2) is 41.6 Å². The summed E-state index contributed by atoms with van der Waals surface area (Å²) < 4.78 is 52.6. The molecule has 1 aliphatic heterocycles. The highest BCUT2D eigenvalue weighted by atomic mass is 19.3. The molecule has 0 saturated heterocycles. The summed E-state index contributed by atoms with van der Waals surface area (Å²) in [6, 6.07) is 7.38. The number of hydrogen-bond donors (Lipinski definition) is 0. The van der Waals surface area contributed by atoms with Crippen molar-refractivity contribution in [3.8, 4) is 11.5 Å². The third-order valence-electron chi connectivity index (χ3n) is 4.24. The number of methoxy groups -OCH3 is 1. The average molecular weight is 440 g/mol. The Hall–Kier alpha value is -3.83. The smallest absolute Gasteiger partial charge is 0.387 e. The first-order chi connectivity index (χ1) is 14.8. The zero-order chi connectivity index (χ0) is 22.5. The van der Waals surface area contributed by atoms with Gasteiger partial charge in [-0.25, -0.2) is 9.18 Å². The van der Waals surface area contributed by atoms with E-state index < -0.39 is 47.5 Å². The summed E-state index contributed by atoms with van der Waals surface area (Å²) in [6.07, 6.45) is -1.12. The molecule has 1 aliphatic rings. The fraction of sp³-hybridized carbons (Fsp3) is 0.263. The Morgan fingerprint density at radius 2 is 2.10 bits per heavy atom. The number of hydrogen-bond acceptors (Lipinski definition) is 8. The van der Waals surface area contributed by atoms with Gasteiger partial charge in [-0.05, 0) is 18.2 Å². The van der Waals surface area contributed by atoms with Crippen LogP contribution in [0.2, 0.25) is 0 Å². The highest BCUT2D eigenvalue weighted by Crippen LogP contribution is 2.36. The van der Waals surface area contributed by atoms with Gasteiger partial charge in [0.1, 0.15) is 12.4 Å². The van der Waals surface area contributed by atoms with Crippen LogP contribution >= 0.6 is 0 Å². The van der Waals surface area contributed by atoms with Gasteiger partial charge in [-0.15, -0.1) is 0 Å². The molecule has 0 fully saturated rings. The van der Waals surface area contributed by atoms with Gasteiger partial charge in [-0.2, -0.15) is 8.78 Å². The molecule has 9 nitrogen and oxygen atoms in total. The molecule has 0 saturated carbocycles. The number of benzene rings is 2. The lowest BCUT2D eigenvalue weighted by Crippen LogP contribution is -2.23. The molecule has 0 radical (unpaired) electrons. The minimum absolute atomic E-state index is 0.00880. The van der Waals surface area contributed by atoms with Crippen molar-refractivity contribution in [3.63, 3.8) is 0 Å². The van der Waals surface area contributed by atoms with Crippen molar-refractivity contribution >= 4 is 17.4 Å². The largest absolute Gasteiger partial charge is 0.493 e. The van der Waals surface area contributed by atoms with Crippen LogP contribution in [0.3, 0.4) is 0 Å². The summed E-state index contributed by atoms with van der Waals surface area (Å²) in [5.41, 5.74) is 0.0577. The molecule has 0 amide bonds. The Morgan fingerprint density at radius 1 is 1.32 bits per heavy atom. The first-order valence-electron chi connectivity index (χ1n) is 8.74. The second kappa shape index (κ2) is 9.32. The molecule has 0 spiro atoms. The van der Waals surface area contributed by atoms with E-state index in [0.717, 1.165) is 19.2 Å². The second-order valence-corrected chi connectivity index (χ2v) is 6.22. The van der Waals surface area contributed by atoms with E-state index in [1.54, 1.807) is 6.07 Å². The van der Waals surface area contributed by atoms with Gasteiger partial charge >= 0.3 is 12.6 Å². The molecule has 0 bridgehead atoms. The molecular weight excluding hydrogens is 425 g/mol. The van der Waals surface area contributed by atoms with Gasteiger partial charge in [-0.1, -0.05) is 17.3 Å². The van der Waals surface area contributed by atoms with Gasteiger partial charge in [-0.3, -0.25) is 10.1 Å². The molecule has 12 heteroatoms. The van der Waals surface area contributed by atoms with Gasteiger partial charge < -0.3 is 19.0 Å². The Labute approximate surface area is 173 Å². The summed E-state index contributed by atoms with van der Waals surface area (Å²) in [6.45, 7) is -3.78. The molecule has 1 atom stereocenters. The molecule has 31 heavy (non-hydrogen) atoms. The number of nitro benzene ring substituents is 1. The van der Waals surface area contributed by atoms with Crippen molar-refractivity contribution in [3.05, 3.63) is 63.5 Å². The van der Waals surface area contributed by atoms with E-state index in [0.29, 0.717) is 11.3 Å². The van der Waals surface area contributed by atoms with Crippen molar-refractivity contribution in [2.24, 2.45) is 5.16 Å². The van der Waals surface area contributed by atoms with Crippen molar-refractivity contribution in [2.75, 3.05) is 7.11 Å². The highest BCUT2D eigenvalue weighted by molar-refractivity contribution is 6.03. The van der Waals surface area contributed by atoms with Crippen molar-refractivity contribution in [1.82, 2.24) is 0 Å². The number of rotatable bonds is 8. The standard InChI is InChI=1S/C19H15F3N2O7/c1-28-15-6-11(14(24(26)27)8-16(15)30-19(21)22)9-29-18(25)17-7-13(23-31-17)10-3-2-4-12(20)5-10/h2-6,8,17,19H,7,9H2,1H3. The predicted molar refractivity (Wildman–Crippen MR) is 98.5 cm³/mol. The van der Waals surface area contributed by atoms with Crippen LogP contribution in [-0.2, 0) is 21.0 Å². The summed E-state index contributed by atoms with van der Waals surface area (Å²) in [4.78, 5) is 27.8. The number of halogens is 3. The first-order valence-corrected chi connectivity index (χ1v) is 8.74. The van der Waals surface area contributed by atoms with Crippen molar-refractivity contribution in [2.45, 2.75) is 25.7 Å². The molecule has 2 aromatic rings. The predicted octanol–water partition coefficient (Wildman–Crippen LogP) is 3.58. The summed E-state index contributed by atoms with van der Waals surface area (Å²) in [5, 5.41) is 15.0. The Balaban J connectivity index is 1.69. The summed E-state index contributed by atoms with van der Waals surface area (Å²) in [7, 11) is 1.16. The van der Waals surface area contributed by atoms with Crippen molar-refractivity contribution < 1.29 is 41.9 Å². The molecule has 3 rings (SSSR count). The van der Waals surface area contributed by atoms with Gasteiger partial charge in [0.15, 0.2) is 11.5 Å². The number of nitrogens with zero attached hydrogens (tertiary/aromatic N) is 2. The lowest BCUT2D eigenvalue weighted by Gasteiger charge is -2.13. The van der Waals surface area contributed by atoms with E-state index in [1.807, 2.05) is 0 Å². The maximum absolute atomic E-state index is 13.3. The Kier molecular flexibility index (Phi) is 6.58. The maximum Gasteiger partial charge on any atom is 0.387 e. The SMILES string of the molecule is COc1cc(COC(=O)C2CC(c3cccc(F)c3)=NO2)c([N+](=O)[O-])cc1OC(F)F. The number of oxime groups is 1. The summed E-state index contributed by atoms with van der Waals surface area (Å²) in [5.74, 6) is -2.08. The molecule has 0 aromatic heterocycles. The molecule has 0 N–H and O–H groups in total. The minimum atomic E-state index is -3.22. The van der Waals surface area contributed by atoms with E-state index in [4.69, 9.17) is 14.3 Å². The first kappa shape index (κ1) is 21.9. The lowest BCUT2D eigenvalue weighted by molar-refractivity contribution is -0.386. The number of ether oxygens (including phenoxy) is 3. The molecule has 0 aliphatic carbocycles. The monoisotopic (exact) mass is 440 g/mol. The number of alkyl halides is 2. The topological polar surface area (TPSA) is 109 Å². The van der Waals surface area contributed by atoms with Gasteiger partial charge in [0.25, 0.3) is 5.69 Å². The number of carbonyl (C=O) groups excluding carboxylic acids is 1. The fourth-order valence-corrected chi connectivity index (χ4v) is 2.81. The van der Waals surface area contributed by atoms with Crippen LogP contribution in [0.5, 0.6) is 11.5 Å². The van der Waals surface area contributed by atoms with Crippen LogP contribution in [0.4, 0.5) is 18.9 Å². The van der Waals surface area contributed by atoms with Crippen LogP contribution in [0.1, 0.15) is 17.5 Å². The van der Waals surface area contributed by atoms with Crippen molar-refractivity contribution in [1.29, 1.82) is 0 Å². The third-order valence-corrected chi connectivity index (χ3v) is 4.24. The van der Waals surface area contributed by atoms with Crippen LogP contribution in [-0.4, -0.2) is 36.4 Å². The van der Waals surface area contributed by atoms with Gasteiger partial charge in [0.2, 0.25) is 6.10 Å². The van der Waals surface area contributed by atoms with E-state index >= 15 is 0 Å². The second-order valence-electron chi connectivity index (χ2n) is 6.22. The molecule has 1 unspecified atom stereocenters. The Bertz CT molecular complexity index is 1030. The number of esters is 1. The third kappa shape index (κ3) is 5.21. The molecular formula is C19H15F3N2O7. The van der Waals surface area contributed by atoms with Gasteiger partial charge in [0.05, 0.1) is 29.4 Å². The van der Waals surface area contributed by atoms with Crippen LogP contribution in [0, 0.1) is 15.9 Å². The Morgan fingerprint density at radius 3 is 2.74 bits per heavy atom. The average Bonchev–Trinajstić information content (AvgIpc) is 3.22. The van der Waals surface area contributed by atoms with Gasteiger partial charge in [0, 0.05) is 12.0 Å². The zero-order valence-corrected chi connectivity index (χ0v) is 15.9. The summed E-state index contributed by atoms with van der Waals surface area (Å²) >= 11 is 0. The maximum atomic E-state index is 13.3. The minimum Gasteiger partial charge on any atom is -0.493 e. The van der Waals surface area contributed by atoms with E-state index in [2.05, 4.69) is 9.89 Å². The molecule has 164 valence electrons. The lowest BCUT2D eigenvalue weighted by atomic mass is 10.1. The normalized spacial score (nSPS) is 15.3. The zero-order valence-electron chi connectivity index (χ0n) is 15.9. The number of carbonyl (C=O) groups is 1. The highest BCUT2D eigenvalue weighted by Gasteiger charge is 2.31. The molecule has 2 aromatic carbocycles. The van der Waals surface area contributed by atoms with E-state index in [-0.39, 0.29) is 17.7 Å². The van der Waals surface area contributed by atoms with Crippen LogP contribution in [0.25, 0.3) is 0 Å². The quantitative estimate of drug-likeness (QED) is 0.351. The van der Waals surface area contributed by atoms with E-state index in [1.165, 1.54) is 18.2 Å². The molecule has 1 heterocycles. The number of nitro groups is 1. The fourth-order valence-electron chi connectivity index (χ4n) is 2.81. The van der Waals surface area contributed by atoms with E-state index in [9.17, 15) is 28.1 Å². The van der Waals surface area contributed by atoms with Crippen LogP contribution < -0.4 is 9.47 Å².